The first-order valence-electron chi connectivity index (χ1n) is 5.12. The largest absolute Gasteiger partial charge is 0.476 e. The Balaban J connectivity index is 2.86. The fourth-order valence-corrected chi connectivity index (χ4v) is 1.41. The van der Waals surface area contributed by atoms with E-state index >= 15 is 0 Å². The zero-order valence-electron chi connectivity index (χ0n) is 9.40. The molecule has 0 aliphatic carbocycles. The molecule has 2 atom stereocenters. The zero-order chi connectivity index (χ0) is 12.1. The summed E-state index contributed by atoms with van der Waals surface area (Å²) in [5, 5.41) is 8.59. The van der Waals surface area contributed by atoms with E-state index in [2.05, 4.69) is 0 Å². The summed E-state index contributed by atoms with van der Waals surface area (Å²) in [6, 6.07) is 6.28. The predicted octanol–water partition coefficient (Wildman–Crippen LogP) is 2.01. The highest BCUT2D eigenvalue weighted by atomic mass is 19.1. The first-order valence-corrected chi connectivity index (χ1v) is 5.12. The SMILES string of the molecule is CC(N)Cc1cc(F)cc(OC(C)C#N)c1. The minimum atomic E-state index is -0.593. The van der Waals surface area contributed by atoms with E-state index in [0.29, 0.717) is 12.2 Å². The van der Waals surface area contributed by atoms with E-state index in [9.17, 15) is 4.39 Å². The van der Waals surface area contributed by atoms with E-state index < -0.39 is 6.10 Å². The van der Waals surface area contributed by atoms with Gasteiger partial charge in [-0.25, -0.2) is 4.39 Å². The van der Waals surface area contributed by atoms with Crippen molar-refractivity contribution >= 4 is 0 Å². The van der Waals surface area contributed by atoms with Crippen LogP contribution in [-0.4, -0.2) is 12.1 Å². The van der Waals surface area contributed by atoms with Crippen molar-refractivity contribution in [1.82, 2.24) is 0 Å². The maximum Gasteiger partial charge on any atom is 0.181 e. The van der Waals surface area contributed by atoms with Crippen molar-refractivity contribution in [2.75, 3.05) is 0 Å². The third-order valence-electron chi connectivity index (χ3n) is 1.98. The predicted molar refractivity (Wildman–Crippen MR) is 59.5 cm³/mol. The van der Waals surface area contributed by atoms with Crippen LogP contribution in [0.15, 0.2) is 18.2 Å². The Morgan fingerprint density at radius 1 is 1.44 bits per heavy atom. The number of ether oxygens (including phenoxy) is 1. The monoisotopic (exact) mass is 222 g/mol. The summed E-state index contributed by atoms with van der Waals surface area (Å²) < 4.78 is 18.5. The van der Waals surface area contributed by atoms with Crippen LogP contribution in [0.4, 0.5) is 4.39 Å². The maximum absolute atomic E-state index is 13.2. The molecule has 0 saturated carbocycles. The molecule has 1 rings (SSSR count). The van der Waals surface area contributed by atoms with E-state index in [4.69, 9.17) is 15.7 Å². The summed E-state index contributed by atoms with van der Waals surface area (Å²) in [5.41, 5.74) is 6.41. The smallest absolute Gasteiger partial charge is 0.181 e. The number of rotatable bonds is 4. The average molecular weight is 222 g/mol. The molecule has 0 saturated heterocycles. The van der Waals surface area contributed by atoms with Gasteiger partial charge in [-0.15, -0.1) is 0 Å². The minimum Gasteiger partial charge on any atom is -0.476 e. The number of halogens is 1. The molecule has 0 heterocycles. The molecule has 1 aromatic carbocycles. The molecule has 0 aliphatic rings. The minimum absolute atomic E-state index is 0.0389. The lowest BCUT2D eigenvalue weighted by Gasteiger charge is -2.11. The Bertz CT molecular complexity index is 398. The number of hydrogen-bond acceptors (Lipinski definition) is 3. The van der Waals surface area contributed by atoms with Gasteiger partial charge < -0.3 is 10.5 Å². The van der Waals surface area contributed by atoms with Crippen LogP contribution in [0.2, 0.25) is 0 Å². The molecule has 16 heavy (non-hydrogen) atoms. The third kappa shape index (κ3) is 3.87. The lowest BCUT2D eigenvalue weighted by molar-refractivity contribution is 0.275. The Hall–Kier alpha value is -1.60. The molecule has 0 spiro atoms. The second-order valence-corrected chi connectivity index (χ2v) is 3.87. The van der Waals surface area contributed by atoms with Crippen LogP contribution in [0.1, 0.15) is 19.4 Å². The summed E-state index contributed by atoms with van der Waals surface area (Å²) in [6.07, 6.45) is -0.0142. The lowest BCUT2D eigenvalue weighted by Crippen LogP contribution is -2.18. The van der Waals surface area contributed by atoms with E-state index in [1.165, 1.54) is 12.1 Å². The highest BCUT2D eigenvalue weighted by Crippen LogP contribution is 2.18. The summed E-state index contributed by atoms with van der Waals surface area (Å²) in [5.74, 6) is -0.0111. The molecule has 2 unspecified atom stereocenters. The summed E-state index contributed by atoms with van der Waals surface area (Å²) >= 11 is 0. The highest BCUT2D eigenvalue weighted by molar-refractivity contribution is 5.30. The van der Waals surface area contributed by atoms with Gasteiger partial charge in [0.1, 0.15) is 17.6 Å². The maximum atomic E-state index is 13.2. The second kappa shape index (κ2) is 5.47. The molecule has 1 aromatic rings. The third-order valence-corrected chi connectivity index (χ3v) is 1.98. The van der Waals surface area contributed by atoms with Crippen molar-refractivity contribution in [2.24, 2.45) is 5.73 Å². The van der Waals surface area contributed by atoms with Gasteiger partial charge in [-0.05, 0) is 38.0 Å². The van der Waals surface area contributed by atoms with Crippen molar-refractivity contribution < 1.29 is 9.13 Å². The number of hydrogen-bond donors (Lipinski definition) is 1. The standard InChI is InChI=1S/C12H15FN2O/c1-8(15)3-10-4-11(13)6-12(5-10)16-9(2)7-14/h4-6,8-9H,3,15H2,1-2H3. The van der Waals surface area contributed by atoms with Gasteiger partial charge >= 0.3 is 0 Å². The lowest BCUT2D eigenvalue weighted by atomic mass is 10.1. The van der Waals surface area contributed by atoms with Crippen molar-refractivity contribution in [3.8, 4) is 11.8 Å². The summed E-state index contributed by atoms with van der Waals surface area (Å²) in [6.45, 7) is 3.46. The van der Waals surface area contributed by atoms with Crippen molar-refractivity contribution in [3.05, 3.63) is 29.6 Å². The first-order chi connectivity index (χ1) is 7.51. The van der Waals surface area contributed by atoms with Gasteiger partial charge in [0.2, 0.25) is 0 Å². The molecule has 0 fully saturated rings. The van der Waals surface area contributed by atoms with Gasteiger partial charge in [0.25, 0.3) is 0 Å². The molecule has 2 N–H and O–H groups in total. The summed E-state index contributed by atoms with van der Waals surface area (Å²) in [4.78, 5) is 0. The van der Waals surface area contributed by atoms with E-state index in [-0.39, 0.29) is 11.9 Å². The van der Waals surface area contributed by atoms with Crippen LogP contribution in [-0.2, 0) is 6.42 Å². The molecular weight excluding hydrogens is 207 g/mol. The number of nitrogens with zero attached hydrogens (tertiary/aromatic N) is 1. The van der Waals surface area contributed by atoms with Crippen LogP contribution >= 0.6 is 0 Å². The molecule has 4 heteroatoms. The molecular formula is C12H15FN2O. The molecule has 86 valence electrons. The fraction of sp³-hybridized carbons (Fsp3) is 0.417. The second-order valence-electron chi connectivity index (χ2n) is 3.87. The quantitative estimate of drug-likeness (QED) is 0.847. The molecule has 3 nitrogen and oxygen atoms in total. The summed E-state index contributed by atoms with van der Waals surface area (Å²) in [7, 11) is 0. The van der Waals surface area contributed by atoms with E-state index in [1.54, 1.807) is 13.0 Å². The van der Waals surface area contributed by atoms with Crippen LogP contribution in [0.5, 0.6) is 5.75 Å². The van der Waals surface area contributed by atoms with Crippen LogP contribution in [0.3, 0.4) is 0 Å². The van der Waals surface area contributed by atoms with Gasteiger partial charge in [0, 0.05) is 12.1 Å². The van der Waals surface area contributed by atoms with Crippen molar-refractivity contribution in [1.29, 1.82) is 5.26 Å². The van der Waals surface area contributed by atoms with Gasteiger partial charge in [-0.2, -0.15) is 5.26 Å². The molecule has 0 bridgehead atoms. The topological polar surface area (TPSA) is 59.0 Å². The Morgan fingerprint density at radius 3 is 2.69 bits per heavy atom. The van der Waals surface area contributed by atoms with Crippen molar-refractivity contribution in [2.45, 2.75) is 32.4 Å². The van der Waals surface area contributed by atoms with Crippen molar-refractivity contribution in [3.63, 3.8) is 0 Å². The fourth-order valence-electron chi connectivity index (χ4n) is 1.41. The van der Waals surface area contributed by atoms with Crippen LogP contribution in [0, 0.1) is 17.1 Å². The first kappa shape index (κ1) is 12.5. The van der Waals surface area contributed by atoms with Gasteiger partial charge in [-0.3, -0.25) is 0 Å². The Kier molecular flexibility index (Phi) is 4.27. The highest BCUT2D eigenvalue weighted by Gasteiger charge is 2.07. The normalized spacial score (nSPS) is 13.9. The Morgan fingerprint density at radius 2 is 2.12 bits per heavy atom. The molecule has 0 aromatic heterocycles. The molecule has 0 radical (unpaired) electrons. The van der Waals surface area contributed by atoms with Crippen LogP contribution < -0.4 is 10.5 Å². The van der Waals surface area contributed by atoms with Gasteiger partial charge in [0.05, 0.1) is 0 Å². The Labute approximate surface area is 94.6 Å². The van der Waals surface area contributed by atoms with Crippen LogP contribution in [0.25, 0.3) is 0 Å². The zero-order valence-corrected chi connectivity index (χ0v) is 9.40. The molecule has 0 amide bonds. The van der Waals surface area contributed by atoms with E-state index in [0.717, 1.165) is 5.56 Å². The average Bonchev–Trinajstić information content (AvgIpc) is 2.15. The van der Waals surface area contributed by atoms with Gasteiger partial charge in [-0.1, -0.05) is 0 Å². The van der Waals surface area contributed by atoms with Gasteiger partial charge in [0.15, 0.2) is 6.10 Å². The van der Waals surface area contributed by atoms with E-state index in [1.807, 2.05) is 13.0 Å². The number of nitrogens with two attached hydrogens (primary N) is 1. The number of benzene rings is 1. The number of nitriles is 1. The molecule has 0 aliphatic heterocycles.